The third-order valence-corrected chi connectivity index (χ3v) is 4.65. The molecule has 0 heterocycles. The Bertz CT molecular complexity index is 810. The largest absolute Gasteiger partial charge is 0.744 e. The average molecular weight is 374 g/mol. The van der Waals surface area contributed by atoms with Gasteiger partial charge in [0.25, 0.3) is 0 Å². The molecule has 0 fully saturated rings. The number of nitrogens with zero attached hydrogens (tertiary/aromatic N) is 2. The van der Waals surface area contributed by atoms with Crippen LogP contribution in [0, 0.1) is 0 Å². The van der Waals surface area contributed by atoms with Gasteiger partial charge in [-0.25, -0.2) is 8.42 Å². The summed E-state index contributed by atoms with van der Waals surface area (Å²) in [6.45, 7) is 6.43. The molecule has 1 N–H and O–H groups in total. The number of rotatable bonds is 9. The van der Waals surface area contributed by atoms with Crippen LogP contribution in [0.25, 0.3) is 0 Å². The van der Waals surface area contributed by atoms with Crippen molar-refractivity contribution in [2.45, 2.75) is 31.6 Å². The van der Waals surface area contributed by atoms with Gasteiger partial charge in [0.05, 0.1) is 16.8 Å². The zero-order chi connectivity index (χ0) is 19.0. The van der Waals surface area contributed by atoms with E-state index in [1.165, 1.54) is 30.0 Å². The van der Waals surface area contributed by atoms with E-state index in [2.05, 4.69) is 41.4 Å². The maximum atomic E-state index is 10.9. The molecule has 2 aromatic carbocycles. The lowest BCUT2D eigenvalue weighted by Gasteiger charge is -2.23. The number of hydrogen-bond donors (Lipinski definition) is 1. The smallest absolute Gasteiger partial charge is 0.124 e. The topological polar surface area (TPSA) is 84.8 Å². The van der Waals surface area contributed by atoms with Crippen molar-refractivity contribution in [3.05, 3.63) is 54.1 Å². The van der Waals surface area contributed by atoms with Gasteiger partial charge in [-0.2, -0.15) is 5.10 Å². The summed E-state index contributed by atoms with van der Waals surface area (Å²) in [7, 11) is -4.42. The lowest BCUT2D eigenvalue weighted by Crippen LogP contribution is -2.24. The molecule has 0 amide bonds. The minimum atomic E-state index is -4.42. The number of hydrazone groups is 1. The molecule has 140 valence electrons. The molecule has 0 saturated carbocycles. The Balaban J connectivity index is 1.98. The summed E-state index contributed by atoms with van der Waals surface area (Å²) in [6.07, 6.45) is 3.91. The second-order valence-electron chi connectivity index (χ2n) is 5.93. The van der Waals surface area contributed by atoms with Gasteiger partial charge in [0.15, 0.2) is 0 Å². The fourth-order valence-electron chi connectivity index (χ4n) is 2.56. The molecule has 0 unspecified atom stereocenters. The van der Waals surface area contributed by atoms with Gasteiger partial charge in [0.2, 0.25) is 0 Å². The summed E-state index contributed by atoms with van der Waals surface area (Å²) in [5.41, 5.74) is 5.57. The molecule has 7 heteroatoms. The summed E-state index contributed by atoms with van der Waals surface area (Å²) in [6, 6.07) is 13.7. The summed E-state index contributed by atoms with van der Waals surface area (Å²) in [5, 5.41) is 4.13. The Morgan fingerprint density at radius 3 is 2.08 bits per heavy atom. The maximum Gasteiger partial charge on any atom is 0.124 e. The van der Waals surface area contributed by atoms with Crippen molar-refractivity contribution in [3.63, 3.8) is 0 Å². The lowest BCUT2D eigenvalue weighted by molar-refractivity contribution is 0.463. The summed E-state index contributed by atoms with van der Waals surface area (Å²) in [5.74, 6) is 0. The first-order valence-corrected chi connectivity index (χ1v) is 10.0. The van der Waals surface area contributed by atoms with Gasteiger partial charge in [0, 0.05) is 18.8 Å². The van der Waals surface area contributed by atoms with E-state index in [4.69, 9.17) is 0 Å². The van der Waals surface area contributed by atoms with E-state index in [0.29, 0.717) is 5.69 Å². The van der Waals surface area contributed by atoms with E-state index in [9.17, 15) is 13.0 Å². The molecule has 26 heavy (non-hydrogen) atoms. The SMILES string of the molecule is CCCN(CCC)c1ccc(C=NNc2ccc(S(=O)(=O)[O-])cc2)cc1. The standard InChI is InChI=1S/C19H25N3O3S/c1-3-13-22(14-4-2)18-9-5-16(6-10-18)15-20-21-17-7-11-19(12-8-17)26(23,24)25/h5-12,15,21H,3-4,13-14H2,1-2H3,(H,23,24,25)/p-1. The normalized spacial score (nSPS) is 11.7. The fourth-order valence-corrected chi connectivity index (χ4v) is 3.03. The third-order valence-electron chi connectivity index (χ3n) is 3.80. The van der Waals surface area contributed by atoms with Gasteiger partial charge in [-0.3, -0.25) is 5.43 Å². The third kappa shape index (κ3) is 5.86. The Hall–Kier alpha value is -2.38. The average Bonchev–Trinajstić information content (AvgIpc) is 2.62. The molecular formula is C19H24N3O3S-. The van der Waals surface area contributed by atoms with Gasteiger partial charge in [0.1, 0.15) is 10.1 Å². The lowest BCUT2D eigenvalue weighted by atomic mass is 10.2. The molecular weight excluding hydrogens is 350 g/mol. The minimum absolute atomic E-state index is 0.258. The highest BCUT2D eigenvalue weighted by Crippen LogP contribution is 2.16. The molecule has 0 saturated heterocycles. The van der Waals surface area contributed by atoms with E-state index in [-0.39, 0.29) is 4.90 Å². The van der Waals surface area contributed by atoms with Crippen LogP contribution in [0.15, 0.2) is 58.5 Å². The Kier molecular flexibility index (Phi) is 7.17. The summed E-state index contributed by atoms with van der Waals surface area (Å²) < 4.78 is 32.7. The van der Waals surface area contributed by atoms with Crippen LogP contribution in [0.2, 0.25) is 0 Å². The van der Waals surface area contributed by atoms with Crippen LogP contribution in [0.1, 0.15) is 32.3 Å². The highest BCUT2D eigenvalue weighted by Gasteiger charge is 2.04. The molecule has 2 aromatic rings. The molecule has 2 rings (SSSR count). The van der Waals surface area contributed by atoms with Gasteiger partial charge in [-0.15, -0.1) is 0 Å². The van der Waals surface area contributed by atoms with Crippen molar-refractivity contribution >= 4 is 27.7 Å². The first kappa shape index (κ1) is 19.9. The predicted octanol–water partition coefficient (Wildman–Crippen LogP) is 3.66. The molecule has 0 atom stereocenters. The van der Waals surface area contributed by atoms with E-state index < -0.39 is 10.1 Å². The molecule has 0 aliphatic carbocycles. The first-order chi connectivity index (χ1) is 12.4. The zero-order valence-electron chi connectivity index (χ0n) is 15.1. The van der Waals surface area contributed by atoms with Gasteiger partial charge in [-0.1, -0.05) is 26.0 Å². The summed E-state index contributed by atoms with van der Waals surface area (Å²) in [4.78, 5) is 2.11. The van der Waals surface area contributed by atoms with Crippen molar-refractivity contribution in [2.24, 2.45) is 5.10 Å². The highest BCUT2D eigenvalue weighted by molar-refractivity contribution is 7.85. The van der Waals surface area contributed by atoms with Gasteiger partial charge < -0.3 is 9.45 Å². The fraction of sp³-hybridized carbons (Fsp3) is 0.316. The van der Waals surface area contributed by atoms with Crippen molar-refractivity contribution < 1.29 is 13.0 Å². The number of benzene rings is 2. The van der Waals surface area contributed by atoms with Crippen LogP contribution in [0.5, 0.6) is 0 Å². The van der Waals surface area contributed by atoms with E-state index in [1.807, 2.05) is 12.1 Å². The quantitative estimate of drug-likeness (QED) is 0.411. The Morgan fingerprint density at radius 1 is 1.00 bits per heavy atom. The van der Waals surface area contributed by atoms with Crippen molar-refractivity contribution in [1.82, 2.24) is 0 Å². The molecule has 0 aliphatic heterocycles. The van der Waals surface area contributed by atoms with Crippen LogP contribution >= 0.6 is 0 Å². The van der Waals surface area contributed by atoms with Crippen LogP contribution < -0.4 is 10.3 Å². The van der Waals surface area contributed by atoms with Crippen molar-refractivity contribution in [2.75, 3.05) is 23.4 Å². The monoisotopic (exact) mass is 374 g/mol. The second kappa shape index (κ2) is 9.35. The van der Waals surface area contributed by atoms with Crippen molar-refractivity contribution in [1.29, 1.82) is 0 Å². The van der Waals surface area contributed by atoms with E-state index >= 15 is 0 Å². The van der Waals surface area contributed by atoms with Crippen LogP contribution in [0.3, 0.4) is 0 Å². The molecule has 0 bridgehead atoms. The second-order valence-corrected chi connectivity index (χ2v) is 7.31. The number of nitrogens with one attached hydrogen (secondary N) is 1. The zero-order valence-corrected chi connectivity index (χ0v) is 15.9. The van der Waals surface area contributed by atoms with E-state index in [0.717, 1.165) is 31.5 Å². The number of hydrogen-bond acceptors (Lipinski definition) is 6. The minimum Gasteiger partial charge on any atom is -0.744 e. The highest BCUT2D eigenvalue weighted by atomic mass is 32.2. The molecule has 6 nitrogen and oxygen atoms in total. The van der Waals surface area contributed by atoms with Crippen LogP contribution in [0.4, 0.5) is 11.4 Å². The molecule has 0 aromatic heterocycles. The Morgan fingerprint density at radius 2 is 1.58 bits per heavy atom. The predicted molar refractivity (Wildman–Crippen MR) is 105 cm³/mol. The number of anilines is 2. The Labute approximate surface area is 155 Å². The van der Waals surface area contributed by atoms with Crippen LogP contribution in [-0.2, 0) is 10.1 Å². The molecule has 0 spiro atoms. The molecule has 0 radical (unpaired) electrons. The van der Waals surface area contributed by atoms with Crippen LogP contribution in [-0.4, -0.2) is 32.3 Å². The van der Waals surface area contributed by atoms with Gasteiger partial charge in [-0.05, 0) is 54.8 Å². The molecule has 0 aliphatic rings. The van der Waals surface area contributed by atoms with Crippen molar-refractivity contribution in [3.8, 4) is 0 Å². The first-order valence-electron chi connectivity index (χ1n) is 8.64. The van der Waals surface area contributed by atoms with Gasteiger partial charge >= 0.3 is 0 Å². The maximum absolute atomic E-state index is 10.9. The van der Waals surface area contributed by atoms with E-state index in [1.54, 1.807) is 6.21 Å². The summed E-state index contributed by atoms with van der Waals surface area (Å²) >= 11 is 0.